The minimum atomic E-state index is -0.733. The first-order chi connectivity index (χ1) is 7.77. The molecule has 0 aromatic heterocycles. The van der Waals surface area contributed by atoms with E-state index in [1.165, 1.54) is 0 Å². The van der Waals surface area contributed by atoms with Crippen molar-refractivity contribution in [3.05, 3.63) is 35.9 Å². The standard InChI is InChI=1S/C12H14O4/c13-11-8-15-7-10(11)12(14)16-6-9-4-2-1-3-5-9/h1-5,10-11,13H,6-8H2. The van der Waals surface area contributed by atoms with Gasteiger partial charge in [-0.05, 0) is 5.56 Å². The number of ether oxygens (including phenoxy) is 2. The van der Waals surface area contributed by atoms with Crippen LogP contribution in [-0.2, 0) is 20.9 Å². The molecule has 0 spiro atoms. The van der Waals surface area contributed by atoms with Gasteiger partial charge in [-0.15, -0.1) is 0 Å². The van der Waals surface area contributed by atoms with Gasteiger partial charge in [-0.25, -0.2) is 0 Å². The zero-order chi connectivity index (χ0) is 11.4. The van der Waals surface area contributed by atoms with Crippen LogP contribution in [0.3, 0.4) is 0 Å². The van der Waals surface area contributed by atoms with Crippen molar-refractivity contribution >= 4 is 5.97 Å². The third-order valence-corrected chi connectivity index (χ3v) is 2.58. The third kappa shape index (κ3) is 2.59. The summed E-state index contributed by atoms with van der Waals surface area (Å²) in [4.78, 5) is 11.6. The molecule has 0 radical (unpaired) electrons. The van der Waals surface area contributed by atoms with Crippen molar-refractivity contribution in [2.45, 2.75) is 12.7 Å². The number of hydrogen-bond donors (Lipinski definition) is 1. The van der Waals surface area contributed by atoms with Crippen molar-refractivity contribution in [1.82, 2.24) is 0 Å². The number of rotatable bonds is 3. The molecule has 1 saturated heterocycles. The normalized spacial score (nSPS) is 24.3. The van der Waals surface area contributed by atoms with Gasteiger partial charge in [0.1, 0.15) is 12.5 Å². The molecule has 1 N–H and O–H groups in total. The molecule has 2 rings (SSSR count). The summed E-state index contributed by atoms with van der Waals surface area (Å²) in [7, 11) is 0. The molecule has 16 heavy (non-hydrogen) atoms. The number of aliphatic hydroxyl groups excluding tert-OH is 1. The van der Waals surface area contributed by atoms with E-state index in [0.29, 0.717) is 0 Å². The van der Waals surface area contributed by atoms with Gasteiger partial charge in [-0.3, -0.25) is 4.79 Å². The van der Waals surface area contributed by atoms with E-state index in [2.05, 4.69) is 0 Å². The van der Waals surface area contributed by atoms with Gasteiger partial charge in [0, 0.05) is 0 Å². The summed E-state index contributed by atoms with van der Waals surface area (Å²) >= 11 is 0. The lowest BCUT2D eigenvalue weighted by atomic mass is 10.1. The van der Waals surface area contributed by atoms with Gasteiger partial charge in [-0.1, -0.05) is 30.3 Å². The molecule has 4 nitrogen and oxygen atoms in total. The summed E-state index contributed by atoms with van der Waals surface area (Å²) in [6.07, 6.45) is -0.733. The first-order valence-electron chi connectivity index (χ1n) is 5.24. The lowest BCUT2D eigenvalue weighted by Gasteiger charge is -2.11. The number of aliphatic hydroxyl groups is 1. The molecule has 2 unspecified atom stereocenters. The molecule has 2 atom stereocenters. The molecule has 0 aliphatic carbocycles. The quantitative estimate of drug-likeness (QED) is 0.766. The van der Waals surface area contributed by atoms with E-state index in [-0.39, 0.29) is 19.8 Å². The molecule has 1 aromatic carbocycles. The molecule has 0 saturated carbocycles. The monoisotopic (exact) mass is 222 g/mol. The van der Waals surface area contributed by atoms with Crippen molar-refractivity contribution in [1.29, 1.82) is 0 Å². The van der Waals surface area contributed by atoms with Crippen LogP contribution < -0.4 is 0 Å². The highest BCUT2D eigenvalue weighted by atomic mass is 16.5. The van der Waals surface area contributed by atoms with Crippen LogP contribution in [0, 0.1) is 5.92 Å². The fourth-order valence-corrected chi connectivity index (χ4v) is 1.60. The minimum Gasteiger partial charge on any atom is -0.460 e. The molecule has 4 heteroatoms. The second-order valence-electron chi connectivity index (χ2n) is 3.80. The zero-order valence-corrected chi connectivity index (χ0v) is 8.83. The Morgan fingerprint density at radius 2 is 2.12 bits per heavy atom. The van der Waals surface area contributed by atoms with Crippen molar-refractivity contribution in [2.75, 3.05) is 13.2 Å². The number of carbonyl (C=O) groups is 1. The third-order valence-electron chi connectivity index (χ3n) is 2.58. The molecular weight excluding hydrogens is 208 g/mol. The average molecular weight is 222 g/mol. The Morgan fingerprint density at radius 3 is 2.75 bits per heavy atom. The van der Waals surface area contributed by atoms with Crippen molar-refractivity contribution in [2.24, 2.45) is 5.92 Å². The molecule has 0 bridgehead atoms. The average Bonchev–Trinajstić information content (AvgIpc) is 2.74. The summed E-state index contributed by atoms with van der Waals surface area (Å²) in [6.45, 7) is 0.697. The Kier molecular flexibility index (Phi) is 3.54. The zero-order valence-electron chi connectivity index (χ0n) is 8.83. The maximum atomic E-state index is 11.6. The van der Waals surface area contributed by atoms with Gasteiger partial charge in [0.2, 0.25) is 0 Å². The van der Waals surface area contributed by atoms with Gasteiger partial charge < -0.3 is 14.6 Å². The topological polar surface area (TPSA) is 55.8 Å². The lowest BCUT2D eigenvalue weighted by Crippen LogP contribution is -2.28. The summed E-state index contributed by atoms with van der Waals surface area (Å²) in [5.74, 6) is -0.933. The van der Waals surface area contributed by atoms with Gasteiger partial charge in [0.05, 0.1) is 19.3 Å². The van der Waals surface area contributed by atoms with Crippen LogP contribution in [0.2, 0.25) is 0 Å². The smallest absolute Gasteiger partial charge is 0.314 e. The highest BCUT2D eigenvalue weighted by Crippen LogP contribution is 2.15. The Labute approximate surface area is 93.8 Å². The summed E-state index contributed by atoms with van der Waals surface area (Å²) in [5.41, 5.74) is 0.934. The largest absolute Gasteiger partial charge is 0.460 e. The maximum Gasteiger partial charge on any atom is 0.314 e. The highest BCUT2D eigenvalue weighted by molar-refractivity contribution is 5.73. The van der Waals surface area contributed by atoms with Gasteiger partial charge >= 0.3 is 5.97 Å². The van der Waals surface area contributed by atoms with Crippen LogP contribution >= 0.6 is 0 Å². The molecule has 1 aliphatic rings. The second kappa shape index (κ2) is 5.09. The number of esters is 1. The van der Waals surface area contributed by atoms with Crippen LogP contribution in [0.4, 0.5) is 0 Å². The van der Waals surface area contributed by atoms with E-state index in [9.17, 15) is 9.90 Å². The number of hydrogen-bond acceptors (Lipinski definition) is 4. The fraction of sp³-hybridized carbons (Fsp3) is 0.417. The first kappa shape index (κ1) is 11.1. The van der Waals surface area contributed by atoms with Gasteiger partial charge in [0.25, 0.3) is 0 Å². The predicted molar refractivity (Wildman–Crippen MR) is 56.6 cm³/mol. The molecular formula is C12H14O4. The minimum absolute atomic E-state index is 0.213. The lowest BCUT2D eigenvalue weighted by molar-refractivity contribution is -0.152. The van der Waals surface area contributed by atoms with Crippen LogP contribution in [-0.4, -0.2) is 30.4 Å². The van der Waals surface area contributed by atoms with E-state index >= 15 is 0 Å². The van der Waals surface area contributed by atoms with Crippen LogP contribution in [0.25, 0.3) is 0 Å². The summed E-state index contributed by atoms with van der Waals surface area (Å²) < 4.78 is 10.1. The van der Waals surface area contributed by atoms with E-state index in [4.69, 9.17) is 9.47 Å². The Balaban J connectivity index is 1.84. The highest BCUT2D eigenvalue weighted by Gasteiger charge is 2.33. The fourth-order valence-electron chi connectivity index (χ4n) is 1.60. The van der Waals surface area contributed by atoms with Crippen molar-refractivity contribution in [3.8, 4) is 0 Å². The van der Waals surface area contributed by atoms with Crippen LogP contribution in [0.15, 0.2) is 30.3 Å². The Morgan fingerprint density at radius 1 is 1.38 bits per heavy atom. The number of benzene rings is 1. The van der Waals surface area contributed by atoms with Gasteiger partial charge in [0.15, 0.2) is 0 Å². The molecule has 1 aromatic rings. The van der Waals surface area contributed by atoms with Crippen molar-refractivity contribution in [3.63, 3.8) is 0 Å². The summed E-state index contributed by atoms with van der Waals surface area (Å²) in [5, 5.41) is 9.43. The molecule has 1 heterocycles. The second-order valence-corrected chi connectivity index (χ2v) is 3.80. The van der Waals surface area contributed by atoms with Crippen LogP contribution in [0.1, 0.15) is 5.56 Å². The summed E-state index contributed by atoms with van der Waals surface area (Å²) in [6, 6.07) is 9.44. The van der Waals surface area contributed by atoms with E-state index in [1.54, 1.807) is 0 Å². The molecule has 1 aliphatic heterocycles. The van der Waals surface area contributed by atoms with Crippen LogP contribution in [0.5, 0.6) is 0 Å². The van der Waals surface area contributed by atoms with E-state index in [1.807, 2.05) is 30.3 Å². The molecule has 0 amide bonds. The SMILES string of the molecule is O=C(OCc1ccccc1)C1COCC1O. The molecule has 1 fully saturated rings. The maximum absolute atomic E-state index is 11.6. The molecule has 86 valence electrons. The van der Waals surface area contributed by atoms with E-state index < -0.39 is 18.0 Å². The Bertz CT molecular complexity index is 349. The number of carbonyl (C=O) groups excluding carboxylic acids is 1. The van der Waals surface area contributed by atoms with E-state index in [0.717, 1.165) is 5.56 Å². The first-order valence-corrected chi connectivity index (χ1v) is 5.24. The Hall–Kier alpha value is -1.39. The van der Waals surface area contributed by atoms with Crippen molar-refractivity contribution < 1.29 is 19.4 Å². The predicted octanol–water partition coefficient (Wildman–Crippen LogP) is 0.737. The van der Waals surface area contributed by atoms with Gasteiger partial charge in [-0.2, -0.15) is 0 Å².